The predicted molar refractivity (Wildman–Crippen MR) is 117 cm³/mol. The topological polar surface area (TPSA) is 77.7 Å². The Morgan fingerprint density at radius 1 is 1.12 bits per heavy atom. The first kappa shape index (κ1) is 20.2. The Kier molecular flexibility index (Phi) is 3.73. The van der Waals surface area contributed by atoms with E-state index >= 15 is 0 Å². The van der Waals surface area contributed by atoms with Crippen LogP contribution in [0.1, 0.15) is 58.4 Å². The predicted octanol–water partition coefficient (Wildman–Crippen LogP) is 4.07. The summed E-state index contributed by atoms with van der Waals surface area (Å²) in [6.45, 7) is 6.55. The van der Waals surface area contributed by atoms with E-state index in [1.54, 1.807) is 0 Å². The van der Waals surface area contributed by atoms with Gasteiger partial charge in [0.2, 0.25) is 0 Å². The minimum Gasteiger partial charge on any atom is -0.460 e. The molecule has 0 aromatic heterocycles. The molecule has 0 radical (unpaired) electrons. The maximum Gasteiger partial charge on any atom is 0.336 e. The van der Waals surface area contributed by atoms with Gasteiger partial charge in [-0.25, -0.2) is 4.79 Å². The summed E-state index contributed by atoms with van der Waals surface area (Å²) in [6, 6.07) is 9.85. The number of epoxide rings is 2. The largest absolute Gasteiger partial charge is 0.460 e. The van der Waals surface area contributed by atoms with Gasteiger partial charge in [0, 0.05) is 17.1 Å². The maximum atomic E-state index is 13.5. The molecule has 2 saturated heterocycles. The van der Waals surface area contributed by atoms with Crippen molar-refractivity contribution in [2.24, 2.45) is 22.7 Å². The number of rotatable bonds is 3. The van der Waals surface area contributed by atoms with Crippen molar-refractivity contribution in [1.82, 2.24) is 0 Å². The van der Waals surface area contributed by atoms with Gasteiger partial charge in [-0.15, -0.1) is 0 Å². The van der Waals surface area contributed by atoms with E-state index in [4.69, 9.17) is 18.9 Å². The molecule has 3 saturated carbocycles. The number of esters is 2. The summed E-state index contributed by atoms with van der Waals surface area (Å²) in [7, 11) is 0. The molecular formula is C27H30O6. The van der Waals surface area contributed by atoms with Crippen LogP contribution in [0.2, 0.25) is 0 Å². The number of hydrogen-bond donors (Lipinski definition) is 0. The first-order chi connectivity index (χ1) is 15.8. The van der Waals surface area contributed by atoms with Gasteiger partial charge >= 0.3 is 11.9 Å². The second kappa shape index (κ2) is 6.08. The fourth-order valence-corrected chi connectivity index (χ4v) is 8.43. The molecule has 1 aromatic carbocycles. The number of fused-ring (bicyclic) bond motifs is 4. The van der Waals surface area contributed by atoms with E-state index in [0.29, 0.717) is 12.2 Å². The minimum atomic E-state index is -0.914. The van der Waals surface area contributed by atoms with E-state index < -0.39 is 11.2 Å². The molecule has 174 valence electrons. The highest BCUT2D eigenvalue weighted by Gasteiger charge is 2.88. The average Bonchev–Trinajstić information content (AvgIpc) is 3.67. The second-order valence-corrected chi connectivity index (χ2v) is 11.5. The van der Waals surface area contributed by atoms with Gasteiger partial charge in [0.1, 0.15) is 24.4 Å². The smallest absolute Gasteiger partial charge is 0.336 e. The Morgan fingerprint density at radius 3 is 2.70 bits per heavy atom. The molecule has 1 aromatic rings. The Bertz CT molecular complexity index is 1110. The number of carbonyl (C=O) groups excluding carboxylic acids is 2. The van der Waals surface area contributed by atoms with Crippen molar-refractivity contribution in [2.75, 3.05) is 0 Å². The van der Waals surface area contributed by atoms with Gasteiger partial charge in [-0.2, -0.15) is 0 Å². The highest BCUT2D eigenvalue weighted by atomic mass is 16.8. The highest BCUT2D eigenvalue weighted by Crippen LogP contribution is 2.78. The van der Waals surface area contributed by atoms with Crippen molar-refractivity contribution in [1.29, 1.82) is 0 Å². The molecule has 8 atom stereocenters. The molecule has 0 unspecified atom stereocenters. The molecule has 5 fully saturated rings. The normalized spacial score (nSPS) is 48.5. The molecule has 2 spiro atoms. The van der Waals surface area contributed by atoms with Gasteiger partial charge in [0.25, 0.3) is 5.79 Å². The van der Waals surface area contributed by atoms with E-state index in [9.17, 15) is 9.59 Å². The molecule has 3 heterocycles. The highest BCUT2D eigenvalue weighted by molar-refractivity contribution is 5.94. The van der Waals surface area contributed by atoms with Crippen LogP contribution >= 0.6 is 0 Å². The Balaban J connectivity index is 1.20. The fraction of sp³-hybridized carbons (Fsp3) is 0.630. The zero-order chi connectivity index (χ0) is 22.8. The maximum absolute atomic E-state index is 13.5. The molecule has 6 aliphatic rings. The standard InChI is InChI=1S/C27H30O6/c1-15-18-20-26(31-20)13-10-17-24(2,19(26)21-27(18,32-21)33-22(15)28)11-7-12-25(17,3)23(29)30-14-16-8-5-4-6-9-16/h4-6,8-9,17,19-21H,7,10-14H2,1-3H3/t17-,19-,20+,21+,24+,25+,26-,27+/m0/s1. The van der Waals surface area contributed by atoms with Gasteiger partial charge in [0.05, 0.1) is 5.41 Å². The van der Waals surface area contributed by atoms with Gasteiger partial charge in [-0.1, -0.05) is 43.7 Å². The van der Waals surface area contributed by atoms with Crippen molar-refractivity contribution in [3.63, 3.8) is 0 Å². The van der Waals surface area contributed by atoms with Gasteiger partial charge in [-0.05, 0) is 56.4 Å². The van der Waals surface area contributed by atoms with Crippen LogP contribution in [0, 0.1) is 22.7 Å². The Hall–Kier alpha value is -2.18. The monoisotopic (exact) mass is 450 g/mol. The van der Waals surface area contributed by atoms with Crippen molar-refractivity contribution in [2.45, 2.75) is 83.1 Å². The summed E-state index contributed by atoms with van der Waals surface area (Å²) in [5.74, 6) is -1.01. The van der Waals surface area contributed by atoms with Crippen LogP contribution in [0.4, 0.5) is 0 Å². The van der Waals surface area contributed by atoms with E-state index in [1.807, 2.05) is 37.3 Å². The summed E-state index contributed by atoms with van der Waals surface area (Å²) in [4.78, 5) is 25.9. The molecule has 0 bridgehead atoms. The second-order valence-electron chi connectivity index (χ2n) is 11.5. The Morgan fingerprint density at radius 2 is 1.91 bits per heavy atom. The zero-order valence-corrected chi connectivity index (χ0v) is 19.4. The van der Waals surface area contributed by atoms with Crippen LogP contribution in [0.15, 0.2) is 41.5 Å². The first-order valence-electron chi connectivity index (χ1n) is 12.3. The lowest BCUT2D eigenvalue weighted by Gasteiger charge is -2.58. The minimum absolute atomic E-state index is 0.0938. The zero-order valence-electron chi connectivity index (χ0n) is 19.4. The SMILES string of the molecule is CC1=C2[C@H]3O[C@]34CC[C@H]3[C@@](C)(CCC[C@@]3(C)C(=O)OCc3ccccc3)[C@@H]4[C@H]3O[C@@]23OC1=O. The summed E-state index contributed by atoms with van der Waals surface area (Å²) < 4.78 is 24.4. The van der Waals surface area contributed by atoms with Crippen LogP contribution < -0.4 is 0 Å². The van der Waals surface area contributed by atoms with E-state index in [1.165, 1.54) is 0 Å². The van der Waals surface area contributed by atoms with E-state index in [-0.39, 0.29) is 47.0 Å². The summed E-state index contributed by atoms with van der Waals surface area (Å²) in [5.41, 5.74) is 1.61. The van der Waals surface area contributed by atoms with Crippen molar-refractivity contribution in [3.8, 4) is 0 Å². The Labute approximate surface area is 193 Å². The third-order valence-corrected chi connectivity index (χ3v) is 9.95. The molecule has 6 nitrogen and oxygen atoms in total. The quantitative estimate of drug-likeness (QED) is 0.510. The third-order valence-electron chi connectivity index (χ3n) is 9.95. The average molecular weight is 451 g/mol. The molecule has 0 amide bonds. The lowest BCUT2D eigenvalue weighted by molar-refractivity contribution is -0.180. The molecule has 3 aliphatic heterocycles. The summed E-state index contributed by atoms with van der Waals surface area (Å²) >= 11 is 0. The molecule has 6 heteroatoms. The summed E-state index contributed by atoms with van der Waals surface area (Å²) in [6.07, 6.45) is 4.34. The molecule has 3 aliphatic carbocycles. The van der Waals surface area contributed by atoms with Gasteiger partial charge < -0.3 is 18.9 Å². The fourth-order valence-electron chi connectivity index (χ4n) is 8.43. The number of benzene rings is 1. The van der Waals surface area contributed by atoms with Crippen LogP contribution in [0.25, 0.3) is 0 Å². The lowest BCUT2D eigenvalue weighted by Crippen LogP contribution is -2.61. The van der Waals surface area contributed by atoms with E-state index in [2.05, 4.69) is 13.8 Å². The first-order valence-corrected chi connectivity index (χ1v) is 12.3. The van der Waals surface area contributed by atoms with Crippen LogP contribution in [0.5, 0.6) is 0 Å². The molecule has 7 rings (SSSR count). The van der Waals surface area contributed by atoms with Crippen molar-refractivity contribution in [3.05, 3.63) is 47.0 Å². The van der Waals surface area contributed by atoms with Crippen molar-refractivity contribution >= 4 is 11.9 Å². The van der Waals surface area contributed by atoms with Gasteiger partial charge in [-0.3, -0.25) is 4.79 Å². The van der Waals surface area contributed by atoms with Crippen LogP contribution in [-0.2, 0) is 35.1 Å². The van der Waals surface area contributed by atoms with Crippen LogP contribution in [-0.4, -0.2) is 35.5 Å². The number of carbonyl (C=O) groups is 2. The molecule has 33 heavy (non-hydrogen) atoms. The van der Waals surface area contributed by atoms with Crippen LogP contribution in [0.3, 0.4) is 0 Å². The lowest BCUT2D eigenvalue weighted by atomic mass is 9.43. The van der Waals surface area contributed by atoms with Crippen molar-refractivity contribution < 1.29 is 28.5 Å². The third kappa shape index (κ3) is 2.32. The number of ether oxygens (including phenoxy) is 4. The molecular weight excluding hydrogens is 420 g/mol. The summed E-state index contributed by atoms with van der Waals surface area (Å²) in [5, 5.41) is 0. The van der Waals surface area contributed by atoms with Gasteiger partial charge in [0.15, 0.2) is 0 Å². The molecule has 0 N–H and O–H groups in total. The van der Waals surface area contributed by atoms with E-state index in [0.717, 1.165) is 43.2 Å². The number of hydrogen-bond acceptors (Lipinski definition) is 6.